The number of alkyl halides is 3. The van der Waals surface area contributed by atoms with Gasteiger partial charge < -0.3 is 9.88 Å². The molecule has 0 atom stereocenters. The molecule has 1 aromatic rings. The second-order valence-corrected chi connectivity index (χ2v) is 5.23. The lowest BCUT2D eigenvalue weighted by Gasteiger charge is -2.16. The SMILES string of the molecule is FC(F)(F)CCc1cn2c3c1CCC=C3CNCC2. The van der Waals surface area contributed by atoms with Gasteiger partial charge in [-0.2, -0.15) is 13.2 Å². The summed E-state index contributed by atoms with van der Waals surface area (Å²) in [5, 5.41) is 3.35. The predicted octanol–water partition coefficient (Wildman–Crippen LogP) is 2.92. The van der Waals surface area contributed by atoms with Gasteiger partial charge in [0.1, 0.15) is 0 Å². The van der Waals surface area contributed by atoms with Crippen molar-refractivity contribution in [2.45, 2.75) is 38.4 Å². The number of rotatable bonds is 2. The first kappa shape index (κ1) is 12.8. The zero-order valence-corrected chi connectivity index (χ0v) is 10.7. The van der Waals surface area contributed by atoms with E-state index in [1.165, 1.54) is 11.3 Å². The van der Waals surface area contributed by atoms with E-state index in [1.54, 1.807) is 0 Å². The molecule has 2 nitrogen and oxygen atoms in total. The molecule has 0 fully saturated rings. The highest BCUT2D eigenvalue weighted by atomic mass is 19.4. The van der Waals surface area contributed by atoms with Crippen LogP contribution in [0, 0.1) is 0 Å². The lowest BCUT2D eigenvalue weighted by molar-refractivity contribution is -0.134. The summed E-state index contributed by atoms with van der Waals surface area (Å²) in [4.78, 5) is 0. The van der Waals surface area contributed by atoms with Gasteiger partial charge in [-0.05, 0) is 36.0 Å². The number of aryl methyl sites for hydroxylation is 1. The van der Waals surface area contributed by atoms with Gasteiger partial charge in [-0.25, -0.2) is 0 Å². The van der Waals surface area contributed by atoms with Crippen molar-refractivity contribution in [2.75, 3.05) is 13.1 Å². The van der Waals surface area contributed by atoms with E-state index < -0.39 is 12.6 Å². The molecule has 2 heterocycles. The summed E-state index contributed by atoms with van der Waals surface area (Å²) < 4.78 is 39.3. The number of nitrogens with one attached hydrogen (secondary N) is 1. The molecule has 1 aliphatic carbocycles. The summed E-state index contributed by atoms with van der Waals surface area (Å²) in [6.07, 6.45) is 1.28. The third-order valence-corrected chi connectivity index (χ3v) is 3.88. The molecular formula is C14H17F3N2. The molecule has 0 aromatic carbocycles. The van der Waals surface area contributed by atoms with Gasteiger partial charge in [0.25, 0.3) is 0 Å². The van der Waals surface area contributed by atoms with Crippen LogP contribution in [0.5, 0.6) is 0 Å². The van der Waals surface area contributed by atoms with Gasteiger partial charge in [0.05, 0.1) is 0 Å². The summed E-state index contributed by atoms with van der Waals surface area (Å²) in [6.45, 7) is 2.54. The lowest BCUT2D eigenvalue weighted by Crippen LogP contribution is -2.17. The van der Waals surface area contributed by atoms with Crippen LogP contribution in [0.3, 0.4) is 0 Å². The first-order valence-corrected chi connectivity index (χ1v) is 6.72. The van der Waals surface area contributed by atoms with Gasteiger partial charge >= 0.3 is 6.18 Å². The van der Waals surface area contributed by atoms with Gasteiger partial charge in [-0.15, -0.1) is 0 Å². The van der Waals surface area contributed by atoms with Crippen LogP contribution in [0.4, 0.5) is 13.2 Å². The molecule has 0 unspecified atom stereocenters. The molecule has 0 saturated carbocycles. The molecule has 104 valence electrons. The third kappa shape index (κ3) is 2.56. The van der Waals surface area contributed by atoms with Crippen molar-refractivity contribution in [3.8, 4) is 0 Å². The Bertz CT molecular complexity index is 511. The Morgan fingerprint density at radius 1 is 1.32 bits per heavy atom. The molecule has 1 aliphatic heterocycles. The standard InChI is InChI=1S/C14H17F3N2/c15-14(16,17)5-4-11-9-19-7-6-18-8-10-2-1-3-12(11)13(10)19/h2,9,18H,1,3-8H2. The fourth-order valence-electron chi connectivity index (χ4n) is 3.05. The highest BCUT2D eigenvalue weighted by molar-refractivity contribution is 5.71. The number of allylic oxidation sites excluding steroid dienone is 1. The van der Waals surface area contributed by atoms with E-state index in [0.29, 0.717) is 0 Å². The largest absolute Gasteiger partial charge is 0.389 e. The highest BCUT2D eigenvalue weighted by Crippen LogP contribution is 2.33. The summed E-state index contributed by atoms with van der Waals surface area (Å²) >= 11 is 0. The van der Waals surface area contributed by atoms with Crippen LogP contribution in [0.15, 0.2) is 12.3 Å². The molecule has 1 N–H and O–H groups in total. The van der Waals surface area contributed by atoms with E-state index >= 15 is 0 Å². The van der Waals surface area contributed by atoms with E-state index in [-0.39, 0.29) is 6.42 Å². The van der Waals surface area contributed by atoms with Crippen molar-refractivity contribution in [1.82, 2.24) is 9.88 Å². The molecule has 0 saturated heterocycles. The highest BCUT2D eigenvalue weighted by Gasteiger charge is 2.29. The topological polar surface area (TPSA) is 17.0 Å². The van der Waals surface area contributed by atoms with Crippen LogP contribution in [0.25, 0.3) is 5.57 Å². The van der Waals surface area contributed by atoms with E-state index in [4.69, 9.17) is 0 Å². The van der Waals surface area contributed by atoms with Gasteiger partial charge in [0.2, 0.25) is 0 Å². The molecule has 5 heteroatoms. The van der Waals surface area contributed by atoms with Gasteiger partial charge in [-0.3, -0.25) is 0 Å². The van der Waals surface area contributed by atoms with Crippen LogP contribution in [-0.4, -0.2) is 23.8 Å². The minimum absolute atomic E-state index is 0.111. The second-order valence-electron chi connectivity index (χ2n) is 5.23. The third-order valence-electron chi connectivity index (χ3n) is 3.88. The van der Waals surface area contributed by atoms with Crippen molar-refractivity contribution in [3.63, 3.8) is 0 Å². The monoisotopic (exact) mass is 270 g/mol. The summed E-state index contributed by atoms with van der Waals surface area (Å²) in [5.74, 6) is 0. The first-order chi connectivity index (χ1) is 9.04. The van der Waals surface area contributed by atoms with Gasteiger partial charge in [0.15, 0.2) is 0 Å². The number of hydrogen-bond acceptors (Lipinski definition) is 1. The van der Waals surface area contributed by atoms with Crippen LogP contribution >= 0.6 is 0 Å². The zero-order chi connectivity index (χ0) is 13.5. The maximum Gasteiger partial charge on any atom is 0.389 e. The van der Waals surface area contributed by atoms with E-state index in [1.807, 2.05) is 6.20 Å². The average Bonchev–Trinajstić information content (AvgIpc) is 2.56. The van der Waals surface area contributed by atoms with E-state index in [9.17, 15) is 13.2 Å². The predicted molar refractivity (Wildman–Crippen MR) is 68.0 cm³/mol. The van der Waals surface area contributed by atoms with Crippen molar-refractivity contribution in [1.29, 1.82) is 0 Å². The Hall–Kier alpha value is -1.23. The van der Waals surface area contributed by atoms with Crippen LogP contribution in [0.1, 0.15) is 29.7 Å². The second kappa shape index (κ2) is 4.71. The van der Waals surface area contributed by atoms with Crippen molar-refractivity contribution >= 4 is 5.57 Å². The fourth-order valence-corrected chi connectivity index (χ4v) is 3.05. The maximum atomic E-state index is 12.4. The van der Waals surface area contributed by atoms with Crippen molar-refractivity contribution < 1.29 is 13.2 Å². The molecule has 2 aliphatic rings. The quantitative estimate of drug-likeness (QED) is 0.874. The Balaban J connectivity index is 1.92. The number of halogens is 3. The number of nitrogens with zero attached hydrogens (tertiary/aromatic N) is 1. The molecule has 19 heavy (non-hydrogen) atoms. The number of hydrogen-bond donors (Lipinski definition) is 1. The van der Waals surface area contributed by atoms with Gasteiger partial charge in [0, 0.05) is 37.9 Å². The molecule has 0 spiro atoms. The summed E-state index contributed by atoms with van der Waals surface area (Å²) in [6, 6.07) is 0. The maximum absolute atomic E-state index is 12.4. The van der Waals surface area contributed by atoms with Crippen LogP contribution in [0.2, 0.25) is 0 Å². The summed E-state index contributed by atoms with van der Waals surface area (Å²) in [7, 11) is 0. The Kier molecular flexibility index (Phi) is 3.17. The molecule has 1 aromatic heterocycles. The van der Waals surface area contributed by atoms with E-state index in [0.717, 1.165) is 43.6 Å². The molecular weight excluding hydrogens is 253 g/mol. The van der Waals surface area contributed by atoms with Crippen LogP contribution in [-0.2, 0) is 19.4 Å². The average molecular weight is 270 g/mol. The van der Waals surface area contributed by atoms with E-state index in [2.05, 4.69) is 16.0 Å². The normalized spacial score (nSPS) is 18.8. The molecule has 0 radical (unpaired) electrons. The Morgan fingerprint density at radius 3 is 2.95 bits per heavy atom. The summed E-state index contributed by atoms with van der Waals surface area (Å²) in [5.41, 5.74) is 4.45. The molecule has 3 rings (SSSR count). The number of aromatic nitrogens is 1. The van der Waals surface area contributed by atoms with Crippen molar-refractivity contribution in [2.24, 2.45) is 0 Å². The Labute approximate surface area is 110 Å². The molecule has 0 bridgehead atoms. The molecule has 0 amide bonds. The fraction of sp³-hybridized carbons (Fsp3) is 0.571. The van der Waals surface area contributed by atoms with Crippen LogP contribution < -0.4 is 5.32 Å². The smallest absolute Gasteiger partial charge is 0.346 e. The Morgan fingerprint density at radius 2 is 2.16 bits per heavy atom. The lowest BCUT2D eigenvalue weighted by atomic mass is 9.93. The minimum atomic E-state index is -4.07. The first-order valence-electron chi connectivity index (χ1n) is 6.72. The minimum Gasteiger partial charge on any atom is -0.346 e. The van der Waals surface area contributed by atoms with Crippen molar-refractivity contribution in [3.05, 3.63) is 29.1 Å². The zero-order valence-electron chi connectivity index (χ0n) is 10.7. The van der Waals surface area contributed by atoms with Gasteiger partial charge in [-0.1, -0.05) is 6.08 Å².